The number of allylic oxidation sites excluding steroid dienone is 1. The molecule has 0 aliphatic heterocycles. The number of benzene rings is 5. The molecule has 36 heavy (non-hydrogen) atoms. The summed E-state index contributed by atoms with van der Waals surface area (Å²) in [6.45, 7) is 6.72. The van der Waals surface area contributed by atoms with E-state index in [0.717, 1.165) is 0 Å². The summed E-state index contributed by atoms with van der Waals surface area (Å²) in [6, 6.07) is 45.8. The van der Waals surface area contributed by atoms with Gasteiger partial charge in [0.15, 0.2) is 0 Å². The Morgan fingerprint density at radius 2 is 0.972 bits per heavy atom. The van der Waals surface area contributed by atoms with Gasteiger partial charge < -0.3 is 0 Å². The highest BCUT2D eigenvalue weighted by atomic mass is 14.2. The van der Waals surface area contributed by atoms with E-state index in [1.165, 1.54) is 55.6 Å². The Kier molecular flexibility index (Phi) is 6.96. The smallest absolute Gasteiger partial charge is 0.0146 e. The van der Waals surface area contributed by atoms with Gasteiger partial charge in [0.05, 0.1) is 0 Å². The van der Waals surface area contributed by atoms with Gasteiger partial charge in [0.1, 0.15) is 0 Å². The van der Waals surface area contributed by atoms with E-state index in [2.05, 4.69) is 154 Å². The molecular formula is C36H32. The predicted octanol–water partition coefficient (Wildman–Crippen LogP) is 10.1. The Morgan fingerprint density at radius 1 is 0.500 bits per heavy atom. The second kappa shape index (κ2) is 10.6. The van der Waals surface area contributed by atoms with Crippen LogP contribution in [0.2, 0.25) is 0 Å². The highest BCUT2D eigenvalue weighted by Gasteiger charge is 2.12. The zero-order chi connectivity index (χ0) is 24.9. The minimum absolute atomic E-state index is 0.446. The molecule has 0 nitrogen and oxygen atoms in total. The highest BCUT2D eigenvalue weighted by molar-refractivity contribution is 5.85. The summed E-state index contributed by atoms with van der Waals surface area (Å²) in [7, 11) is 0. The molecule has 0 aliphatic rings. The third-order valence-electron chi connectivity index (χ3n) is 6.62. The van der Waals surface area contributed by atoms with Crippen molar-refractivity contribution in [1.29, 1.82) is 0 Å². The van der Waals surface area contributed by atoms with Crippen molar-refractivity contribution in [3.05, 3.63) is 150 Å². The van der Waals surface area contributed by atoms with Crippen molar-refractivity contribution >= 4 is 5.57 Å². The standard InChI is InChI=1S/C36H32/c1-26(2)23-36(35-22-21-33(24-27(35)3)29-13-8-5-9-14-29)34-16-10-15-32(25-34)31-19-17-30(18-20-31)28-11-6-4-7-12-28/h4-26H,1-3H3/b36-23-. The van der Waals surface area contributed by atoms with E-state index in [0.29, 0.717) is 5.92 Å². The topological polar surface area (TPSA) is 0 Å². The SMILES string of the molecule is Cc1cc(-c2ccccc2)ccc1/C(=C\C(C)C)c1cccc(-c2ccc(-c3ccccc3)cc2)c1. The van der Waals surface area contributed by atoms with Crippen LogP contribution >= 0.6 is 0 Å². The van der Waals surface area contributed by atoms with Crippen LogP contribution in [0.15, 0.2) is 133 Å². The molecule has 0 aromatic heterocycles. The normalized spacial score (nSPS) is 11.6. The van der Waals surface area contributed by atoms with Gasteiger partial charge >= 0.3 is 0 Å². The molecule has 0 saturated heterocycles. The van der Waals surface area contributed by atoms with Gasteiger partial charge in [-0.15, -0.1) is 0 Å². The molecule has 0 spiro atoms. The molecule has 0 amide bonds. The van der Waals surface area contributed by atoms with Crippen molar-refractivity contribution in [2.24, 2.45) is 5.92 Å². The fourth-order valence-corrected chi connectivity index (χ4v) is 4.80. The average Bonchev–Trinajstić information content (AvgIpc) is 2.93. The van der Waals surface area contributed by atoms with Crippen LogP contribution in [0.3, 0.4) is 0 Å². The Hall–Kier alpha value is -4.16. The zero-order valence-electron chi connectivity index (χ0n) is 21.3. The molecule has 5 aromatic carbocycles. The fourth-order valence-electron chi connectivity index (χ4n) is 4.80. The molecule has 5 rings (SSSR count). The van der Waals surface area contributed by atoms with Gasteiger partial charge in [0.2, 0.25) is 0 Å². The summed E-state index contributed by atoms with van der Waals surface area (Å²) >= 11 is 0. The Balaban J connectivity index is 1.50. The second-order valence-electron chi connectivity index (χ2n) is 9.74. The molecule has 0 heteroatoms. The monoisotopic (exact) mass is 464 g/mol. The Bertz CT molecular complexity index is 1470. The molecule has 0 saturated carbocycles. The summed E-state index contributed by atoms with van der Waals surface area (Å²) in [6.07, 6.45) is 2.39. The van der Waals surface area contributed by atoms with Crippen LogP contribution in [0.25, 0.3) is 39.0 Å². The number of rotatable bonds is 6. The van der Waals surface area contributed by atoms with Crippen LogP contribution in [0.1, 0.15) is 30.5 Å². The van der Waals surface area contributed by atoms with E-state index in [9.17, 15) is 0 Å². The Morgan fingerprint density at radius 3 is 1.56 bits per heavy atom. The van der Waals surface area contributed by atoms with Gasteiger partial charge in [-0.3, -0.25) is 0 Å². The minimum Gasteiger partial charge on any atom is -0.0735 e. The maximum Gasteiger partial charge on any atom is -0.0146 e. The molecule has 0 radical (unpaired) electrons. The van der Waals surface area contributed by atoms with Crippen LogP contribution in [-0.2, 0) is 0 Å². The second-order valence-corrected chi connectivity index (χ2v) is 9.74. The summed E-state index contributed by atoms with van der Waals surface area (Å²) in [5.74, 6) is 0.446. The first kappa shape index (κ1) is 23.6. The van der Waals surface area contributed by atoms with E-state index >= 15 is 0 Å². The van der Waals surface area contributed by atoms with Gasteiger partial charge in [0.25, 0.3) is 0 Å². The number of hydrogen-bond acceptors (Lipinski definition) is 0. The highest BCUT2D eigenvalue weighted by Crippen LogP contribution is 2.33. The van der Waals surface area contributed by atoms with Gasteiger partial charge in [-0.25, -0.2) is 0 Å². The first-order valence-electron chi connectivity index (χ1n) is 12.7. The lowest BCUT2D eigenvalue weighted by atomic mass is 9.88. The van der Waals surface area contributed by atoms with E-state index < -0.39 is 0 Å². The van der Waals surface area contributed by atoms with Crippen LogP contribution in [0, 0.1) is 12.8 Å². The summed E-state index contributed by atoms with van der Waals surface area (Å²) in [5.41, 5.74) is 12.6. The number of aryl methyl sites for hydroxylation is 1. The number of hydrogen-bond donors (Lipinski definition) is 0. The molecule has 0 aliphatic carbocycles. The van der Waals surface area contributed by atoms with Crippen LogP contribution in [0.5, 0.6) is 0 Å². The summed E-state index contributed by atoms with van der Waals surface area (Å²) < 4.78 is 0. The first-order chi connectivity index (χ1) is 17.6. The van der Waals surface area contributed by atoms with Gasteiger partial charge in [0, 0.05) is 0 Å². The third-order valence-corrected chi connectivity index (χ3v) is 6.62. The lowest BCUT2D eigenvalue weighted by Crippen LogP contribution is -1.96. The third kappa shape index (κ3) is 5.24. The Labute approximate surface area is 215 Å². The van der Waals surface area contributed by atoms with Crippen molar-refractivity contribution in [3.63, 3.8) is 0 Å². The van der Waals surface area contributed by atoms with E-state index in [1.54, 1.807) is 0 Å². The molecule has 0 fully saturated rings. The van der Waals surface area contributed by atoms with Crippen molar-refractivity contribution in [1.82, 2.24) is 0 Å². The van der Waals surface area contributed by atoms with Crippen molar-refractivity contribution in [2.45, 2.75) is 20.8 Å². The molecule has 0 unspecified atom stereocenters. The molecule has 0 heterocycles. The first-order valence-corrected chi connectivity index (χ1v) is 12.7. The largest absolute Gasteiger partial charge is 0.0735 e. The van der Waals surface area contributed by atoms with E-state index in [4.69, 9.17) is 0 Å². The quantitative estimate of drug-likeness (QED) is 0.234. The van der Waals surface area contributed by atoms with E-state index in [1.807, 2.05) is 0 Å². The van der Waals surface area contributed by atoms with Crippen molar-refractivity contribution < 1.29 is 0 Å². The molecule has 0 atom stereocenters. The van der Waals surface area contributed by atoms with Crippen LogP contribution < -0.4 is 0 Å². The molecule has 0 bridgehead atoms. The molecule has 176 valence electrons. The summed E-state index contributed by atoms with van der Waals surface area (Å²) in [4.78, 5) is 0. The van der Waals surface area contributed by atoms with Crippen LogP contribution in [-0.4, -0.2) is 0 Å². The minimum atomic E-state index is 0.446. The molecule has 0 N–H and O–H groups in total. The summed E-state index contributed by atoms with van der Waals surface area (Å²) in [5, 5.41) is 0. The van der Waals surface area contributed by atoms with Gasteiger partial charge in [-0.05, 0) is 74.6 Å². The van der Waals surface area contributed by atoms with Crippen molar-refractivity contribution in [3.8, 4) is 33.4 Å². The zero-order valence-corrected chi connectivity index (χ0v) is 21.3. The lowest BCUT2D eigenvalue weighted by Gasteiger charge is -2.16. The maximum atomic E-state index is 2.39. The van der Waals surface area contributed by atoms with Gasteiger partial charge in [-0.1, -0.05) is 141 Å². The van der Waals surface area contributed by atoms with Crippen LogP contribution in [0.4, 0.5) is 0 Å². The molecular weight excluding hydrogens is 432 g/mol. The average molecular weight is 465 g/mol. The fraction of sp³-hybridized carbons (Fsp3) is 0.111. The lowest BCUT2D eigenvalue weighted by molar-refractivity contribution is 0.833. The molecule has 5 aromatic rings. The van der Waals surface area contributed by atoms with Gasteiger partial charge in [-0.2, -0.15) is 0 Å². The van der Waals surface area contributed by atoms with Crippen molar-refractivity contribution in [2.75, 3.05) is 0 Å². The van der Waals surface area contributed by atoms with E-state index in [-0.39, 0.29) is 0 Å². The maximum absolute atomic E-state index is 2.39. The predicted molar refractivity (Wildman–Crippen MR) is 156 cm³/mol.